The molecule has 3 rings (SSSR count). The highest BCUT2D eigenvalue weighted by Gasteiger charge is 2.19. The number of hydrogen-bond acceptors (Lipinski definition) is 4. The van der Waals surface area contributed by atoms with Crippen molar-refractivity contribution >= 4 is 5.82 Å². The molecule has 6 heteroatoms. The second kappa shape index (κ2) is 8.25. The largest absolute Gasteiger partial charge is 0.507 e. The van der Waals surface area contributed by atoms with E-state index in [1.54, 1.807) is 39.8 Å². The molecule has 28 heavy (non-hydrogen) atoms. The molecule has 0 aliphatic carbocycles. The molecular weight excluding hydrogens is 357 g/mol. The lowest BCUT2D eigenvalue weighted by Crippen LogP contribution is -2.30. The fourth-order valence-electron chi connectivity index (χ4n) is 3.27. The Morgan fingerprint density at radius 1 is 1.14 bits per heavy atom. The molecule has 0 amide bonds. The van der Waals surface area contributed by atoms with E-state index in [4.69, 9.17) is 4.98 Å². The summed E-state index contributed by atoms with van der Waals surface area (Å²) in [7, 11) is 3.68. The second-order valence-electron chi connectivity index (χ2n) is 6.84. The van der Waals surface area contributed by atoms with E-state index in [2.05, 4.69) is 0 Å². The zero-order chi connectivity index (χ0) is 20.3. The first-order chi connectivity index (χ1) is 13.4. The van der Waals surface area contributed by atoms with Crippen molar-refractivity contribution in [2.75, 3.05) is 19.0 Å². The molecule has 1 heterocycles. The minimum atomic E-state index is -0.305. The Hall–Kier alpha value is -3.15. The van der Waals surface area contributed by atoms with E-state index in [9.17, 15) is 14.3 Å². The van der Waals surface area contributed by atoms with Gasteiger partial charge in [-0.15, -0.1) is 0 Å². The molecule has 0 radical (unpaired) electrons. The Labute approximate surface area is 163 Å². The minimum Gasteiger partial charge on any atom is -0.507 e. The second-order valence-corrected chi connectivity index (χ2v) is 6.84. The van der Waals surface area contributed by atoms with Gasteiger partial charge in [0.15, 0.2) is 0 Å². The Kier molecular flexibility index (Phi) is 5.78. The van der Waals surface area contributed by atoms with Crippen LogP contribution < -0.4 is 10.5 Å². The van der Waals surface area contributed by atoms with E-state index in [-0.39, 0.29) is 17.1 Å². The first-order valence-corrected chi connectivity index (χ1v) is 9.26. The van der Waals surface area contributed by atoms with Gasteiger partial charge in [-0.3, -0.25) is 9.36 Å². The van der Waals surface area contributed by atoms with Crippen molar-refractivity contribution in [1.82, 2.24) is 9.55 Å². The number of rotatable bonds is 6. The third-order valence-electron chi connectivity index (χ3n) is 4.68. The molecule has 5 nitrogen and oxygen atoms in total. The first-order valence-electron chi connectivity index (χ1n) is 9.26. The van der Waals surface area contributed by atoms with Crippen LogP contribution in [0.5, 0.6) is 5.75 Å². The summed E-state index contributed by atoms with van der Waals surface area (Å²) in [6.45, 7) is 2.25. The number of phenols is 1. The van der Waals surface area contributed by atoms with Crippen LogP contribution >= 0.6 is 0 Å². The fraction of sp³-hybridized carbons (Fsp3) is 0.273. The summed E-state index contributed by atoms with van der Waals surface area (Å²) in [5, 5.41) is 10.3. The van der Waals surface area contributed by atoms with Gasteiger partial charge in [0.1, 0.15) is 23.2 Å². The van der Waals surface area contributed by atoms with Crippen LogP contribution in [-0.2, 0) is 19.4 Å². The highest BCUT2D eigenvalue weighted by molar-refractivity contribution is 5.66. The maximum Gasteiger partial charge on any atom is 0.259 e. The van der Waals surface area contributed by atoms with Crippen molar-refractivity contribution in [3.8, 4) is 17.1 Å². The average Bonchev–Trinajstić information content (AvgIpc) is 2.67. The summed E-state index contributed by atoms with van der Waals surface area (Å²) in [4.78, 5) is 19.8. The number of aromatic nitrogens is 2. The van der Waals surface area contributed by atoms with E-state index < -0.39 is 0 Å². The summed E-state index contributed by atoms with van der Waals surface area (Å²) in [5.74, 6) is 0.747. The zero-order valence-electron chi connectivity index (χ0n) is 16.3. The van der Waals surface area contributed by atoms with Gasteiger partial charge in [-0.05, 0) is 42.7 Å². The van der Waals surface area contributed by atoms with Crippen LogP contribution in [0, 0.1) is 5.82 Å². The molecular formula is C22H24FN3O2. The summed E-state index contributed by atoms with van der Waals surface area (Å²) in [6, 6.07) is 13.2. The van der Waals surface area contributed by atoms with Crippen LogP contribution in [0.3, 0.4) is 0 Å². The molecule has 1 N–H and O–H groups in total. The van der Waals surface area contributed by atoms with Gasteiger partial charge >= 0.3 is 0 Å². The van der Waals surface area contributed by atoms with Gasteiger partial charge in [-0.2, -0.15) is 0 Å². The molecule has 0 bridgehead atoms. The van der Waals surface area contributed by atoms with Gasteiger partial charge in [-0.1, -0.05) is 31.2 Å². The van der Waals surface area contributed by atoms with Crippen molar-refractivity contribution < 1.29 is 9.50 Å². The number of benzene rings is 2. The number of aromatic hydroxyl groups is 1. The molecule has 0 spiro atoms. The van der Waals surface area contributed by atoms with E-state index in [0.717, 1.165) is 5.56 Å². The smallest absolute Gasteiger partial charge is 0.259 e. The van der Waals surface area contributed by atoms with E-state index in [0.29, 0.717) is 42.2 Å². The molecule has 0 aliphatic rings. The lowest BCUT2D eigenvalue weighted by Gasteiger charge is -2.21. The highest BCUT2D eigenvalue weighted by Crippen LogP contribution is 2.29. The van der Waals surface area contributed by atoms with Crippen LogP contribution in [0.4, 0.5) is 10.2 Å². The molecule has 2 aromatic carbocycles. The summed E-state index contributed by atoms with van der Waals surface area (Å²) < 4.78 is 15.1. The summed E-state index contributed by atoms with van der Waals surface area (Å²) >= 11 is 0. The summed E-state index contributed by atoms with van der Waals surface area (Å²) in [6.07, 6.45) is 1.02. The van der Waals surface area contributed by atoms with Crippen LogP contribution in [0.15, 0.2) is 53.3 Å². The van der Waals surface area contributed by atoms with Crippen LogP contribution in [0.2, 0.25) is 0 Å². The van der Waals surface area contributed by atoms with E-state index in [1.807, 2.05) is 27.1 Å². The monoisotopic (exact) mass is 381 g/mol. The van der Waals surface area contributed by atoms with Crippen molar-refractivity contribution in [3.63, 3.8) is 0 Å². The molecule has 0 fully saturated rings. The van der Waals surface area contributed by atoms with Crippen molar-refractivity contribution in [1.29, 1.82) is 0 Å². The predicted molar refractivity (Wildman–Crippen MR) is 109 cm³/mol. The van der Waals surface area contributed by atoms with Gasteiger partial charge in [0.05, 0.1) is 11.1 Å². The van der Waals surface area contributed by atoms with Crippen LogP contribution in [-0.4, -0.2) is 28.8 Å². The molecule has 0 unspecified atom stereocenters. The number of halogens is 1. The number of aryl methyl sites for hydroxylation is 1. The quantitative estimate of drug-likeness (QED) is 0.708. The topological polar surface area (TPSA) is 58.4 Å². The first kappa shape index (κ1) is 19.6. The third kappa shape index (κ3) is 3.91. The normalized spacial score (nSPS) is 10.9. The summed E-state index contributed by atoms with van der Waals surface area (Å²) in [5.41, 5.74) is 1.76. The number of para-hydroxylation sites is 1. The Morgan fingerprint density at radius 3 is 2.54 bits per heavy atom. The van der Waals surface area contributed by atoms with Crippen molar-refractivity contribution in [2.45, 2.75) is 26.3 Å². The maximum absolute atomic E-state index is 13.5. The molecule has 0 aliphatic heterocycles. The average molecular weight is 381 g/mol. The minimum absolute atomic E-state index is 0.0582. The van der Waals surface area contributed by atoms with E-state index in [1.165, 1.54) is 12.1 Å². The van der Waals surface area contributed by atoms with Crippen LogP contribution in [0.25, 0.3) is 11.4 Å². The van der Waals surface area contributed by atoms with Crippen molar-refractivity contribution in [2.24, 2.45) is 0 Å². The molecule has 1 aromatic heterocycles. The number of nitrogens with zero attached hydrogens (tertiary/aromatic N) is 3. The Bertz CT molecular complexity index is 1040. The Balaban J connectivity index is 2.15. The number of hydrogen-bond donors (Lipinski definition) is 1. The van der Waals surface area contributed by atoms with E-state index >= 15 is 0 Å². The van der Waals surface area contributed by atoms with Gasteiger partial charge in [0.25, 0.3) is 5.56 Å². The predicted octanol–water partition coefficient (Wildman–Crippen LogP) is 3.63. The molecule has 0 saturated heterocycles. The SMILES string of the molecule is CCc1c(N(C)C)nc(-c2ccccc2O)n(CCc2cccc(F)c2)c1=O. The molecule has 146 valence electrons. The Morgan fingerprint density at radius 2 is 1.89 bits per heavy atom. The molecule has 0 atom stereocenters. The lowest BCUT2D eigenvalue weighted by atomic mass is 10.1. The third-order valence-corrected chi connectivity index (χ3v) is 4.68. The lowest BCUT2D eigenvalue weighted by molar-refractivity contribution is 0.476. The van der Waals surface area contributed by atoms with Gasteiger partial charge in [0.2, 0.25) is 0 Å². The van der Waals surface area contributed by atoms with Crippen LogP contribution in [0.1, 0.15) is 18.1 Å². The van der Waals surface area contributed by atoms with Gasteiger partial charge < -0.3 is 10.0 Å². The standard InChI is InChI=1S/C22H24FN3O2/c1-4-17-20(25(2)3)24-21(18-10-5-6-11-19(18)27)26(22(17)28)13-12-15-8-7-9-16(23)14-15/h5-11,14,27H,4,12-13H2,1-3H3. The number of phenolic OH excluding ortho intramolecular Hbond substituents is 1. The zero-order valence-corrected chi connectivity index (χ0v) is 16.3. The molecule has 3 aromatic rings. The highest BCUT2D eigenvalue weighted by atomic mass is 19.1. The molecule has 0 saturated carbocycles. The van der Waals surface area contributed by atoms with Gasteiger partial charge in [-0.25, -0.2) is 9.37 Å². The van der Waals surface area contributed by atoms with Crippen molar-refractivity contribution in [3.05, 3.63) is 75.8 Å². The van der Waals surface area contributed by atoms with Gasteiger partial charge in [0, 0.05) is 20.6 Å². The maximum atomic E-state index is 13.5. The number of anilines is 1. The fourth-order valence-corrected chi connectivity index (χ4v) is 3.27.